The van der Waals surface area contributed by atoms with Crippen molar-refractivity contribution in [2.75, 3.05) is 0 Å². The van der Waals surface area contributed by atoms with Crippen molar-refractivity contribution in [2.45, 2.75) is 58.5 Å². The van der Waals surface area contributed by atoms with E-state index in [9.17, 15) is 9.90 Å². The molecule has 0 bridgehead atoms. The van der Waals surface area contributed by atoms with Crippen LogP contribution in [0, 0.1) is 5.92 Å². The van der Waals surface area contributed by atoms with Crippen LogP contribution in [0.3, 0.4) is 0 Å². The van der Waals surface area contributed by atoms with Crippen LogP contribution in [0.4, 0.5) is 0 Å². The summed E-state index contributed by atoms with van der Waals surface area (Å²) >= 11 is 0. The van der Waals surface area contributed by atoms with Crippen molar-refractivity contribution < 1.29 is 14.6 Å². The number of aromatic carboxylic acids is 1. The minimum atomic E-state index is -0.905. The Balaban J connectivity index is 1.91. The number of carbonyl (C=O) groups is 1. The number of nitrogens with zero attached hydrogens (tertiary/aromatic N) is 1. The van der Waals surface area contributed by atoms with E-state index in [-0.39, 0.29) is 6.10 Å². The smallest absolute Gasteiger partial charge is 0.337 e. The van der Waals surface area contributed by atoms with Gasteiger partial charge >= 0.3 is 5.97 Å². The number of hydrogen-bond acceptors (Lipinski definition) is 3. The first-order valence-corrected chi connectivity index (χ1v) is 9.54. The zero-order valence-corrected chi connectivity index (χ0v) is 15.6. The van der Waals surface area contributed by atoms with Gasteiger partial charge in [0, 0.05) is 5.56 Å². The van der Waals surface area contributed by atoms with E-state index >= 15 is 0 Å². The molecule has 4 nitrogen and oxygen atoms in total. The fraction of sp³-hybridized carbons (Fsp3) is 0.455. The van der Waals surface area contributed by atoms with Gasteiger partial charge in [0.1, 0.15) is 5.75 Å². The summed E-state index contributed by atoms with van der Waals surface area (Å²) in [6.07, 6.45) is 6.90. The van der Waals surface area contributed by atoms with Gasteiger partial charge in [0.2, 0.25) is 0 Å². The first-order chi connectivity index (χ1) is 12.5. The lowest BCUT2D eigenvalue weighted by atomic mass is 9.98. The van der Waals surface area contributed by atoms with Gasteiger partial charge in [0.25, 0.3) is 0 Å². The fourth-order valence-corrected chi connectivity index (χ4v) is 3.71. The third-order valence-corrected chi connectivity index (χ3v) is 4.99. The predicted octanol–water partition coefficient (Wildman–Crippen LogP) is 5.36. The summed E-state index contributed by atoms with van der Waals surface area (Å²) in [6, 6.07) is 11.3. The molecule has 4 heteroatoms. The highest BCUT2D eigenvalue weighted by molar-refractivity contribution is 5.89. The first kappa shape index (κ1) is 18.4. The normalized spacial score (nSPS) is 14.7. The first-order valence-electron chi connectivity index (χ1n) is 9.54. The van der Waals surface area contributed by atoms with Crippen LogP contribution in [-0.2, 0) is 6.42 Å². The summed E-state index contributed by atoms with van der Waals surface area (Å²) in [5, 5.41) is 9.53. The summed E-state index contributed by atoms with van der Waals surface area (Å²) in [5.41, 5.74) is 2.67. The Morgan fingerprint density at radius 3 is 2.62 bits per heavy atom. The lowest BCUT2D eigenvalue weighted by molar-refractivity contribution is 0.0695. The molecule has 0 atom stereocenters. The molecule has 0 radical (unpaired) electrons. The van der Waals surface area contributed by atoms with E-state index in [0.717, 1.165) is 23.4 Å². The molecule has 1 aliphatic carbocycles. The van der Waals surface area contributed by atoms with E-state index in [1.165, 1.54) is 25.7 Å². The predicted molar refractivity (Wildman–Crippen MR) is 103 cm³/mol. The molecule has 26 heavy (non-hydrogen) atoms. The highest BCUT2D eigenvalue weighted by atomic mass is 16.5. The largest absolute Gasteiger partial charge is 0.490 e. The van der Waals surface area contributed by atoms with Crippen molar-refractivity contribution in [3.8, 4) is 17.0 Å². The maximum absolute atomic E-state index is 11.6. The van der Waals surface area contributed by atoms with Crippen LogP contribution in [0.2, 0.25) is 0 Å². The lowest BCUT2D eigenvalue weighted by Crippen LogP contribution is -2.09. The van der Waals surface area contributed by atoms with Gasteiger partial charge in [0.15, 0.2) is 0 Å². The molecule has 1 saturated carbocycles. The molecule has 3 rings (SSSR count). The average Bonchev–Trinajstić information content (AvgIpc) is 3.13. The topological polar surface area (TPSA) is 59.4 Å². The second kappa shape index (κ2) is 8.35. The molecule has 1 fully saturated rings. The fourth-order valence-electron chi connectivity index (χ4n) is 3.71. The van der Waals surface area contributed by atoms with Gasteiger partial charge in [-0.05, 0) is 56.9 Å². The average molecular weight is 353 g/mol. The van der Waals surface area contributed by atoms with Crippen molar-refractivity contribution in [1.29, 1.82) is 0 Å². The Hall–Kier alpha value is -2.36. The van der Waals surface area contributed by atoms with Gasteiger partial charge in [-0.3, -0.25) is 4.98 Å². The molecule has 1 N–H and O–H groups in total. The lowest BCUT2D eigenvalue weighted by Gasteiger charge is -2.15. The Bertz CT molecular complexity index is 764. The van der Waals surface area contributed by atoms with Gasteiger partial charge in [-0.2, -0.15) is 0 Å². The zero-order chi connectivity index (χ0) is 18.5. The number of carboxylic acid groups (broad SMARTS) is 1. The van der Waals surface area contributed by atoms with Crippen LogP contribution in [0.15, 0.2) is 36.4 Å². The summed E-state index contributed by atoms with van der Waals surface area (Å²) < 4.78 is 5.90. The molecular weight excluding hydrogens is 326 g/mol. The number of benzene rings is 1. The van der Waals surface area contributed by atoms with Crippen LogP contribution < -0.4 is 4.74 Å². The molecular formula is C22H27NO3. The third-order valence-electron chi connectivity index (χ3n) is 4.99. The van der Waals surface area contributed by atoms with Gasteiger partial charge in [-0.1, -0.05) is 37.8 Å². The van der Waals surface area contributed by atoms with Crippen molar-refractivity contribution in [3.63, 3.8) is 0 Å². The molecule has 0 unspecified atom stereocenters. The van der Waals surface area contributed by atoms with Crippen LogP contribution in [-0.4, -0.2) is 22.2 Å². The number of aryl methyl sites for hydroxylation is 1. The van der Waals surface area contributed by atoms with Crippen molar-refractivity contribution in [2.24, 2.45) is 5.92 Å². The van der Waals surface area contributed by atoms with Gasteiger partial charge < -0.3 is 9.84 Å². The SMILES string of the molecule is CC(C)Oc1ccccc1-c1ccc(C(=O)O)c(CCC2CCCC2)n1. The molecule has 0 amide bonds. The molecule has 1 heterocycles. The molecule has 1 aliphatic rings. The number of aromatic nitrogens is 1. The summed E-state index contributed by atoms with van der Waals surface area (Å²) in [5.74, 6) is 0.579. The highest BCUT2D eigenvalue weighted by Crippen LogP contribution is 2.32. The molecule has 0 aliphatic heterocycles. The quantitative estimate of drug-likeness (QED) is 0.728. The molecule has 0 spiro atoms. The minimum Gasteiger partial charge on any atom is -0.490 e. The third kappa shape index (κ3) is 4.43. The Labute approximate surface area is 155 Å². The van der Waals surface area contributed by atoms with Crippen LogP contribution in [0.5, 0.6) is 5.75 Å². The Morgan fingerprint density at radius 1 is 1.19 bits per heavy atom. The van der Waals surface area contributed by atoms with E-state index in [1.807, 2.05) is 38.1 Å². The second-order valence-electron chi connectivity index (χ2n) is 7.35. The van der Waals surface area contributed by atoms with E-state index in [1.54, 1.807) is 12.1 Å². The van der Waals surface area contributed by atoms with Crippen molar-refractivity contribution >= 4 is 5.97 Å². The van der Waals surface area contributed by atoms with E-state index in [4.69, 9.17) is 9.72 Å². The monoisotopic (exact) mass is 353 g/mol. The van der Waals surface area contributed by atoms with Crippen LogP contribution >= 0.6 is 0 Å². The van der Waals surface area contributed by atoms with Gasteiger partial charge in [0.05, 0.1) is 23.1 Å². The summed E-state index contributed by atoms with van der Waals surface area (Å²) in [7, 11) is 0. The van der Waals surface area contributed by atoms with E-state index in [2.05, 4.69) is 0 Å². The molecule has 0 saturated heterocycles. The number of carboxylic acids is 1. The minimum absolute atomic E-state index is 0.0660. The molecule has 1 aromatic carbocycles. The van der Waals surface area contributed by atoms with Crippen LogP contribution in [0.25, 0.3) is 11.3 Å². The molecule has 138 valence electrons. The maximum Gasteiger partial charge on any atom is 0.337 e. The Morgan fingerprint density at radius 2 is 1.92 bits per heavy atom. The van der Waals surface area contributed by atoms with E-state index in [0.29, 0.717) is 23.6 Å². The number of pyridine rings is 1. The highest BCUT2D eigenvalue weighted by Gasteiger charge is 2.19. The Kier molecular flexibility index (Phi) is 5.92. The summed E-state index contributed by atoms with van der Waals surface area (Å²) in [6.45, 7) is 3.98. The van der Waals surface area contributed by atoms with Crippen molar-refractivity contribution in [3.05, 3.63) is 47.7 Å². The second-order valence-corrected chi connectivity index (χ2v) is 7.35. The number of rotatable bonds is 7. The van der Waals surface area contributed by atoms with Gasteiger partial charge in [-0.25, -0.2) is 4.79 Å². The van der Waals surface area contributed by atoms with Crippen molar-refractivity contribution in [1.82, 2.24) is 4.98 Å². The van der Waals surface area contributed by atoms with Gasteiger partial charge in [-0.15, -0.1) is 0 Å². The van der Waals surface area contributed by atoms with Crippen LogP contribution in [0.1, 0.15) is 62.0 Å². The molecule has 2 aromatic rings. The molecule has 1 aromatic heterocycles. The number of ether oxygens (including phenoxy) is 1. The number of hydrogen-bond donors (Lipinski definition) is 1. The zero-order valence-electron chi connectivity index (χ0n) is 15.6. The number of para-hydroxylation sites is 1. The van der Waals surface area contributed by atoms with E-state index < -0.39 is 5.97 Å². The maximum atomic E-state index is 11.6. The standard InChI is InChI=1S/C22H27NO3/c1-15(2)26-21-10-6-5-9-17(21)19-14-12-18(22(24)25)20(23-19)13-11-16-7-3-4-8-16/h5-6,9-10,12,14-16H,3-4,7-8,11,13H2,1-2H3,(H,24,25). The summed E-state index contributed by atoms with van der Waals surface area (Å²) in [4.78, 5) is 16.3.